The SMILES string of the molecule is CCOC(=O)c1ccc(NS(=O)(=O)c2nnc(NC(=O)C(C)C)s2)cc1Cl. The normalized spacial score (nSPS) is 11.3. The Kier molecular flexibility index (Phi) is 6.73. The molecule has 0 aliphatic heterocycles. The van der Waals surface area contributed by atoms with Gasteiger partial charge in [-0.1, -0.05) is 36.8 Å². The molecule has 0 aliphatic rings. The molecule has 2 N–H and O–H groups in total. The van der Waals surface area contributed by atoms with E-state index < -0.39 is 16.0 Å². The number of carbonyl (C=O) groups excluding carboxylic acids is 2. The maximum absolute atomic E-state index is 12.4. The number of ether oxygens (including phenoxy) is 1. The molecule has 146 valence electrons. The van der Waals surface area contributed by atoms with E-state index in [0.717, 1.165) is 0 Å². The number of nitrogens with zero attached hydrogens (tertiary/aromatic N) is 2. The molecule has 0 atom stereocenters. The van der Waals surface area contributed by atoms with Gasteiger partial charge in [0.1, 0.15) is 0 Å². The van der Waals surface area contributed by atoms with Gasteiger partial charge in [-0.05, 0) is 25.1 Å². The van der Waals surface area contributed by atoms with Crippen molar-refractivity contribution >= 4 is 55.7 Å². The zero-order valence-electron chi connectivity index (χ0n) is 14.6. The van der Waals surface area contributed by atoms with Crippen LogP contribution in [0.2, 0.25) is 5.02 Å². The molecule has 0 saturated carbocycles. The molecule has 12 heteroatoms. The molecular weight excluding hydrogens is 416 g/mol. The third-order valence-electron chi connectivity index (χ3n) is 3.11. The Balaban J connectivity index is 2.17. The lowest BCUT2D eigenvalue weighted by atomic mass is 10.2. The summed E-state index contributed by atoms with van der Waals surface area (Å²) in [5.74, 6) is -1.19. The van der Waals surface area contributed by atoms with Crippen molar-refractivity contribution in [2.75, 3.05) is 16.6 Å². The van der Waals surface area contributed by atoms with Crippen molar-refractivity contribution in [3.63, 3.8) is 0 Å². The largest absolute Gasteiger partial charge is 0.462 e. The van der Waals surface area contributed by atoms with Crippen LogP contribution in [0.15, 0.2) is 22.5 Å². The Morgan fingerprint density at radius 2 is 2.00 bits per heavy atom. The average Bonchev–Trinajstić information content (AvgIpc) is 3.04. The van der Waals surface area contributed by atoms with Gasteiger partial charge in [-0.25, -0.2) is 4.79 Å². The summed E-state index contributed by atoms with van der Waals surface area (Å²) in [7, 11) is -4.04. The van der Waals surface area contributed by atoms with Gasteiger partial charge in [-0.2, -0.15) is 8.42 Å². The van der Waals surface area contributed by atoms with E-state index in [0.29, 0.717) is 11.3 Å². The van der Waals surface area contributed by atoms with Crippen LogP contribution >= 0.6 is 22.9 Å². The fraction of sp³-hybridized carbons (Fsp3) is 0.333. The van der Waals surface area contributed by atoms with Crippen LogP contribution in [0.1, 0.15) is 31.1 Å². The highest BCUT2D eigenvalue weighted by atomic mass is 35.5. The second kappa shape index (κ2) is 8.63. The van der Waals surface area contributed by atoms with E-state index in [1.54, 1.807) is 20.8 Å². The first kappa shape index (κ1) is 21.1. The van der Waals surface area contributed by atoms with Crippen molar-refractivity contribution in [2.45, 2.75) is 25.1 Å². The number of hydrogen-bond acceptors (Lipinski definition) is 8. The number of sulfonamides is 1. The topological polar surface area (TPSA) is 127 Å². The maximum Gasteiger partial charge on any atom is 0.339 e. The molecule has 0 fully saturated rings. The summed E-state index contributed by atoms with van der Waals surface area (Å²) in [6.07, 6.45) is 0. The number of anilines is 2. The van der Waals surface area contributed by atoms with E-state index in [1.807, 2.05) is 0 Å². The van der Waals surface area contributed by atoms with E-state index in [2.05, 4.69) is 20.2 Å². The molecule has 0 bridgehead atoms. The highest BCUT2D eigenvalue weighted by Gasteiger charge is 2.22. The Morgan fingerprint density at radius 1 is 1.30 bits per heavy atom. The summed E-state index contributed by atoms with van der Waals surface area (Å²) in [5, 5.41) is 9.83. The third kappa shape index (κ3) is 5.37. The minimum atomic E-state index is -4.04. The number of halogens is 1. The van der Waals surface area contributed by atoms with Crippen LogP contribution < -0.4 is 10.0 Å². The van der Waals surface area contributed by atoms with Gasteiger partial charge in [0.05, 0.1) is 22.9 Å². The number of esters is 1. The summed E-state index contributed by atoms with van der Waals surface area (Å²) in [6.45, 7) is 5.24. The number of carbonyl (C=O) groups is 2. The van der Waals surface area contributed by atoms with Crippen LogP contribution in [0.3, 0.4) is 0 Å². The van der Waals surface area contributed by atoms with E-state index >= 15 is 0 Å². The molecule has 0 spiro atoms. The average molecular weight is 433 g/mol. The quantitative estimate of drug-likeness (QED) is 0.508. The lowest BCUT2D eigenvalue weighted by Gasteiger charge is -2.08. The van der Waals surface area contributed by atoms with E-state index in [9.17, 15) is 18.0 Å². The third-order valence-corrected chi connectivity index (χ3v) is 6.01. The van der Waals surface area contributed by atoms with Gasteiger partial charge in [0.25, 0.3) is 14.4 Å². The lowest BCUT2D eigenvalue weighted by molar-refractivity contribution is -0.118. The van der Waals surface area contributed by atoms with Crippen molar-refractivity contribution in [1.29, 1.82) is 0 Å². The molecule has 1 aromatic carbocycles. The minimum absolute atomic E-state index is 0.0378. The fourth-order valence-electron chi connectivity index (χ4n) is 1.77. The zero-order chi connectivity index (χ0) is 20.2. The second-order valence-electron chi connectivity index (χ2n) is 5.54. The van der Waals surface area contributed by atoms with E-state index in [4.69, 9.17) is 16.3 Å². The molecule has 0 aliphatic carbocycles. The minimum Gasteiger partial charge on any atom is -0.462 e. The van der Waals surface area contributed by atoms with Crippen molar-refractivity contribution in [2.24, 2.45) is 5.92 Å². The van der Waals surface area contributed by atoms with Gasteiger partial charge in [0.15, 0.2) is 0 Å². The van der Waals surface area contributed by atoms with Crippen molar-refractivity contribution in [1.82, 2.24) is 10.2 Å². The summed E-state index contributed by atoms with van der Waals surface area (Å²) in [6, 6.07) is 4.01. The van der Waals surface area contributed by atoms with Crippen molar-refractivity contribution in [3.05, 3.63) is 28.8 Å². The van der Waals surface area contributed by atoms with Gasteiger partial charge in [0, 0.05) is 5.92 Å². The maximum atomic E-state index is 12.4. The molecule has 1 amide bonds. The van der Waals surface area contributed by atoms with Crippen LogP contribution in [0.25, 0.3) is 0 Å². The molecule has 0 saturated heterocycles. The summed E-state index contributed by atoms with van der Waals surface area (Å²) < 4.78 is 31.7. The monoisotopic (exact) mass is 432 g/mol. The zero-order valence-corrected chi connectivity index (χ0v) is 17.0. The molecule has 1 aromatic heterocycles. The first-order valence-electron chi connectivity index (χ1n) is 7.78. The van der Waals surface area contributed by atoms with Crippen LogP contribution in [0.5, 0.6) is 0 Å². The first-order valence-corrected chi connectivity index (χ1v) is 10.5. The molecular formula is C15H17ClN4O5S2. The Bertz CT molecular complexity index is 959. The smallest absolute Gasteiger partial charge is 0.339 e. The molecule has 0 unspecified atom stereocenters. The predicted molar refractivity (Wildman–Crippen MR) is 102 cm³/mol. The number of rotatable bonds is 7. The van der Waals surface area contributed by atoms with Gasteiger partial charge in [-0.15, -0.1) is 10.2 Å². The van der Waals surface area contributed by atoms with Crippen LogP contribution in [0, 0.1) is 5.92 Å². The van der Waals surface area contributed by atoms with Gasteiger partial charge >= 0.3 is 5.97 Å². The van der Waals surface area contributed by atoms with Crippen LogP contribution in [-0.4, -0.2) is 37.1 Å². The van der Waals surface area contributed by atoms with E-state index in [1.165, 1.54) is 18.2 Å². The highest BCUT2D eigenvalue weighted by molar-refractivity contribution is 7.94. The number of benzene rings is 1. The Labute approximate surface area is 165 Å². The molecule has 1 heterocycles. The van der Waals surface area contributed by atoms with Crippen molar-refractivity contribution in [3.8, 4) is 0 Å². The predicted octanol–water partition coefficient (Wildman–Crippen LogP) is 2.76. The van der Waals surface area contributed by atoms with Crippen molar-refractivity contribution < 1.29 is 22.7 Å². The number of nitrogens with one attached hydrogen (secondary N) is 2. The summed E-state index contributed by atoms with van der Waals surface area (Å²) >= 11 is 6.73. The van der Waals surface area contributed by atoms with Crippen LogP contribution in [0.4, 0.5) is 10.8 Å². The van der Waals surface area contributed by atoms with Gasteiger partial charge in [-0.3, -0.25) is 9.52 Å². The molecule has 0 radical (unpaired) electrons. The molecule has 2 aromatic rings. The Hall–Kier alpha value is -2.24. The highest BCUT2D eigenvalue weighted by Crippen LogP contribution is 2.26. The first-order chi connectivity index (χ1) is 12.6. The second-order valence-corrected chi connectivity index (χ2v) is 8.78. The fourth-order valence-corrected chi connectivity index (χ4v) is 3.98. The standard InChI is InChI=1S/C15H17ClN4O5S2/c1-4-25-13(22)10-6-5-9(7-11(10)16)20-27(23,24)15-19-18-14(26-15)17-12(21)8(2)3/h5-8,20H,4H2,1-3H3,(H,17,18,21). The summed E-state index contributed by atoms with van der Waals surface area (Å²) in [5.41, 5.74) is 0.257. The molecule has 9 nitrogen and oxygen atoms in total. The van der Waals surface area contributed by atoms with E-state index in [-0.39, 0.29) is 44.2 Å². The molecule has 2 rings (SSSR count). The van der Waals surface area contributed by atoms with Gasteiger partial charge in [0.2, 0.25) is 11.0 Å². The molecule has 27 heavy (non-hydrogen) atoms. The number of amides is 1. The van der Waals surface area contributed by atoms with Crippen LogP contribution in [-0.2, 0) is 19.6 Å². The van der Waals surface area contributed by atoms with Gasteiger partial charge < -0.3 is 10.1 Å². The lowest BCUT2D eigenvalue weighted by Crippen LogP contribution is -2.17. The summed E-state index contributed by atoms with van der Waals surface area (Å²) in [4.78, 5) is 23.4. The number of hydrogen-bond donors (Lipinski definition) is 2. The Morgan fingerprint density at radius 3 is 2.59 bits per heavy atom. The number of aromatic nitrogens is 2.